The van der Waals surface area contributed by atoms with Crippen molar-refractivity contribution < 1.29 is 9.90 Å². The summed E-state index contributed by atoms with van der Waals surface area (Å²) in [4.78, 5) is 12.9. The SMILES string of the molecule is CSc1ccc(CNC(=O)NC[C@@H]2CCC[C@@H]2O)cc1. The minimum atomic E-state index is -0.255. The van der Waals surface area contributed by atoms with E-state index in [4.69, 9.17) is 0 Å². The van der Waals surface area contributed by atoms with Crippen molar-refractivity contribution in [1.29, 1.82) is 0 Å². The van der Waals surface area contributed by atoms with Crippen LogP contribution in [0.3, 0.4) is 0 Å². The van der Waals surface area contributed by atoms with Crippen LogP contribution in [0.5, 0.6) is 0 Å². The van der Waals surface area contributed by atoms with E-state index in [1.54, 1.807) is 11.8 Å². The fourth-order valence-corrected chi connectivity index (χ4v) is 2.88. The summed E-state index contributed by atoms with van der Waals surface area (Å²) >= 11 is 1.70. The summed E-state index contributed by atoms with van der Waals surface area (Å²) in [6.45, 7) is 1.08. The van der Waals surface area contributed by atoms with E-state index < -0.39 is 0 Å². The van der Waals surface area contributed by atoms with Crippen LogP contribution in [0.4, 0.5) is 4.79 Å². The molecule has 0 heterocycles. The molecule has 0 spiro atoms. The van der Waals surface area contributed by atoms with E-state index in [0.717, 1.165) is 24.8 Å². The number of hydrogen-bond donors (Lipinski definition) is 3. The summed E-state index contributed by atoms with van der Waals surface area (Å²) in [5.74, 6) is 0.210. The lowest BCUT2D eigenvalue weighted by atomic mass is 10.1. The van der Waals surface area contributed by atoms with Crippen LogP contribution >= 0.6 is 11.8 Å². The zero-order valence-electron chi connectivity index (χ0n) is 11.8. The summed E-state index contributed by atoms with van der Waals surface area (Å²) in [7, 11) is 0. The van der Waals surface area contributed by atoms with Crippen LogP contribution in [0.25, 0.3) is 0 Å². The number of aliphatic hydroxyl groups excluding tert-OH is 1. The molecule has 3 N–H and O–H groups in total. The lowest BCUT2D eigenvalue weighted by Crippen LogP contribution is -2.39. The summed E-state index contributed by atoms with van der Waals surface area (Å²) < 4.78 is 0. The van der Waals surface area contributed by atoms with Crippen LogP contribution in [0.2, 0.25) is 0 Å². The number of carbonyl (C=O) groups excluding carboxylic acids is 1. The quantitative estimate of drug-likeness (QED) is 0.731. The van der Waals surface area contributed by atoms with Crippen LogP contribution in [0.1, 0.15) is 24.8 Å². The molecule has 1 saturated carbocycles. The maximum atomic E-state index is 11.7. The zero-order chi connectivity index (χ0) is 14.4. The first-order valence-electron chi connectivity index (χ1n) is 7.01. The van der Waals surface area contributed by atoms with Gasteiger partial charge in [0.25, 0.3) is 0 Å². The van der Waals surface area contributed by atoms with Gasteiger partial charge in [-0.15, -0.1) is 11.8 Å². The second-order valence-corrected chi connectivity index (χ2v) is 6.05. The highest BCUT2D eigenvalue weighted by Gasteiger charge is 2.25. The van der Waals surface area contributed by atoms with E-state index in [9.17, 15) is 9.90 Å². The molecule has 110 valence electrons. The van der Waals surface area contributed by atoms with Crippen LogP contribution in [-0.4, -0.2) is 30.0 Å². The van der Waals surface area contributed by atoms with Crippen molar-refractivity contribution in [3.63, 3.8) is 0 Å². The van der Waals surface area contributed by atoms with Crippen LogP contribution < -0.4 is 10.6 Å². The Morgan fingerprint density at radius 2 is 2.05 bits per heavy atom. The van der Waals surface area contributed by atoms with Gasteiger partial charge in [-0.25, -0.2) is 4.79 Å². The van der Waals surface area contributed by atoms with E-state index in [2.05, 4.69) is 22.8 Å². The molecule has 0 aromatic heterocycles. The van der Waals surface area contributed by atoms with E-state index in [1.165, 1.54) is 4.90 Å². The van der Waals surface area contributed by atoms with Crippen molar-refractivity contribution in [3.05, 3.63) is 29.8 Å². The maximum Gasteiger partial charge on any atom is 0.315 e. The predicted molar refractivity (Wildman–Crippen MR) is 81.8 cm³/mol. The number of carbonyl (C=O) groups is 1. The van der Waals surface area contributed by atoms with Gasteiger partial charge in [0.1, 0.15) is 0 Å². The zero-order valence-corrected chi connectivity index (χ0v) is 12.6. The first kappa shape index (κ1) is 15.2. The summed E-state index contributed by atoms with van der Waals surface area (Å²) in [5.41, 5.74) is 1.08. The Hall–Kier alpha value is -1.20. The van der Waals surface area contributed by atoms with Gasteiger partial charge in [0, 0.05) is 23.9 Å². The topological polar surface area (TPSA) is 61.4 Å². The number of thioether (sulfide) groups is 1. The Morgan fingerprint density at radius 3 is 2.65 bits per heavy atom. The predicted octanol–water partition coefficient (Wildman–Crippen LogP) is 2.37. The largest absolute Gasteiger partial charge is 0.393 e. The highest BCUT2D eigenvalue weighted by Crippen LogP contribution is 2.24. The summed E-state index contributed by atoms with van der Waals surface area (Å²) in [6.07, 6.45) is 4.69. The minimum Gasteiger partial charge on any atom is -0.393 e. The van der Waals surface area contributed by atoms with Gasteiger partial charge >= 0.3 is 6.03 Å². The molecule has 0 radical (unpaired) electrons. The number of benzene rings is 1. The van der Waals surface area contributed by atoms with Gasteiger partial charge < -0.3 is 15.7 Å². The maximum absolute atomic E-state index is 11.7. The first-order chi connectivity index (χ1) is 9.69. The van der Waals surface area contributed by atoms with Gasteiger partial charge in [0.05, 0.1) is 6.10 Å². The molecule has 0 unspecified atom stereocenters. The van der Waals surface area contributed by atoms with Gasteiger partial charge in [-0.3, -0.25) is 0 Å². The van der Waals surface area contributed by atoms with Crippen LogP contribution in [-0.2, 0) is 6.54 Å². The van der Waals surface area contributed by atoms with E-state index in [0.29, 0.717) is 13.1 Å². The number of amides is 2. The lowest BCUT2D eigenvalue weighted by molar-refractivity contribution is 0.132. The molecule has 2 amide bonds. The van der Waals surface area contributed by atoms with Gasteiger partial charge in [0.2, 0.25) is 0 Å². The van der Waals surface area contributed by atoms with Gasteiger partial charge in [-0.2, -0.15) is 0 Å². The minimum absolute atomic E-state index is 0.168. The van der Waals surface area contributed by atoms with E-state index >= 15 is 0 Å². The Bertz CT molecular complexity index is 436. The fourth-order valence-electron chi connectivity index (χ4n) is 2.47. The molecule has 0 aliphatic heterocycles. The fraction of sp³-hybridized carbons (Fsp3) is 0.533. The molecule has 4 nitrogen and oxygen atoms in total. The molecule has 0 bridgehead atoms. The summed E-state index contributed by atoms with van der Waals surface area (Å²) in [5, 5.41) is 15.4. The molecule has 1 aromatic carbocycles. The standard InChI is InChI=1S/C15H22N2O2S/c1-20-13-7-5-11(6-8-13)9-16-15(19)17-10-12-3-2-4-14(12)18/h5-8,12,14,18H,2-4,9-10H2,1H3,(H2,16,17,19)/t12-,14-/m0/s1. The molecule has 2 atom stereocenters. The Morgan fingerprint density at radius 1 is 1.30 bits per heavy atom. The third-order valence-corrected chi connectivity index (χ3v) is 4.50. The third-order valence-electron chi connectivity index (χ3n) is 3.76. The molecular weight excluding hydrogens is 272 g/mol. The number of nitrogens with one attached hydrogen (secondary N) is 2. The van der Waals surface area contributed by atoms with E-state index in [-0.39, 0.29) is 18.1 Å². The second kappa shape index (κ2) is 7.55. The second-order valence-electron chi connectivity index (χ2n) is 5.17. The molecule has 0 saturated heterocycles. The normalized spacial score (nSPS) is 21.7. The third kappa shape index (κ3) is 4.42. The molecule has 1 aliphatic carbocycles. The average molecular weight is 294 g/mol. The van der Waals surface area contributed by atoms with Crippen molar-refractivity contribution in [2.45, 2.75) is 36.8 Å². The number of hydrogen-bond acceptors (Lipinski definition) is 3. The van der Waals surface area contributed by atoms with Gasteiger partial charge in [0.15, 0.2) is 0 Å². The van der Waals surface area contributed by atoms with Gasteiger partial charge in [-0.05, 0) is 36.8 Å². The highest BCUT2D eigenvalue weighted by atomic mass is 32.2. The first-order valence-corrected chi connectivity index (χ1v) is 8.24. The Kier molecular flexibility index (Phi) is 5.73. The van der Waals surface area contributed by atoms with Crippen molar-refractivity contribution in [2.75, 3.05) is 12.8 Å². The van der Waals surface area contributed by atoms with Crippen molar-refractivity contribution in [3.8, 4) is 0 Å². The Labute approximate surface area is 124 Å². The number of aliphatic hydroxyl groups is 1. The molecule has 2 rings (SSSR count). The Balaban J connectivity index is 1.69. The van der Waals surface area contributed by atoms with Crippen LogP contribution in [0, 0.1) is 5.92 Å². The number of urea groups is 1. The number of rotatable bonds is 5. The molecule has 1 fully saturated rings. The van der Waals surface area contributed by atoms with Crippen molar-refractivity contribution in [1.82, 2.24) is 10.6 Å². The van der Waals surface area contributed by atoms with Gasteiger partial charge in [-0.1, -0.05) is 18.6 Å². The molecular formula is C15H22N2O2S. The van der Waals surface area contributed by atoms with Crippen LogP contribution in [0.15, 0.2) is 29.2 Å². The smallest absolute Gasteiger partial charge is 0.315 e. The van der Waals surface area contributed by atoms with E-state index in [1.807, 2.05) is 18.4 Å². The summed E-state index contributed by atoms with van der Waals surface area (Å²) in [6, 6.07) is 7.97. The van der Waals surface area contributed by atoms with Crippen molar-refractivity contribution in [2.24, 2.45) is 5.92 Å². The highest BCUT2D eigenvalue weighted by molar-refractivity contribution is 7.98. The lowest BCUT2D eigenvalue weighted by Gasteiger charge is -2.15. The average Bonchev–Trinajstić information content (AvgIpc) is 2.89. The molecule has 20 heavy (non-hydrogen) atoms. The molecule has 1 aliphatic rings. The molecule has 5 heteroatoms. The molecule has 1 aromatic rings. The van der Waals surface area contributed by atoms with Crippen molar-refractivity contribution >= 4 is 17.8 Å². The monoisotopic (exact) mass is 294 g/mol.